The lowest BCUT2D eigenvalue weighted by Gasteiger charge is -2.30. The van der Waals surface area contributed by atoms with Gasteiger partial charge in [-0.25, -0.2) is 0 Å². The minimum absolute atomic E-state index is 0.835. The standard InChI is InChI=1S/C60H40N2O/c1-4-20-40(21-5-1)44-26-14-16-35-53(44)61-54-38-43-39-57(48-29-11-13-31-50(48)58(43)49-30-12-10-28-47(49)54)62(55-36-17-15-27-45(55)41-22-6-2-7-23-41)56-37-19-34-52-51-33-18-32-46(59(51)63-60(52)56)42-24-8-3-9-25-42/h1-39,61H. The van der Waals surface area contributed by atoms with Gasteiger partial charge in [-0.05, 0) is 68.6 Å². The second kappa shape index (κ2) is 15.3. The van der Waals surface area contributed by atoms with E-state index in [-0.39, 0.29) is 0 Å². The minimum Gasteiger partial charge on any atom is -0.453 e. The molecule has 0 radical (unpaired) electrons. The summed E-state index contributed by atoms with van der Waals surface area (Å²) in [5, 5.41) is 13.1. The Labute approximate surface area is 365 Å². The van der Waals surface area contributed by atoms with E-state index >= 15 is 0 Å². The van der Waals surface area contributed by atoms with Crippen molar-refractivity contribution in [3.8, 4) is 33.4 Å². The van der Waals surface area contributed by atoms with Crippen LogP contribution in [-0.4, -0.2) is 0 Å². The Balaban J connectivity index is 1.15. The summed E-state index contributed by atoms with van der Waals surface area (Å²) in [4.78, 5) is 2.43. The highest BCUT2D eigenvalue weighted by atomic mass is 16.3. The molecule has 0 fully saturated rings. The van der Waals surface area contributed by atoms with Crippen LogP contribution in [0, 0.1) is 0 Å². The average molecular weight is 805 g/mol. The molecule has 3 heteroatoms. The molecule has 0 unspecified atom stereocenters. The Morgan fingerprint density at radius 3 is 1.49 bits per heavy atom. The summed E-state index contributed by atoms with van der Waals surface area (Å²) in [6, 6.07) is 84.6. The summed E-state index contributed by atoms with van der Waals surface area (Å²) in [6.45, 7) is 0. The van der Waals surface area contributed by atoms with Crippen LogP contribution in [-0.2, 0) is 0 Å². The number of furan rings is 1. The fraction of sp³-hybridized carbons (Fsp3) is 0. The molecule has 1 heterocycles. The molecular weight excluding hydrogens is 765 g/mol. The first-order valence-electron chi connectivity index (χ1n) is 21.5. The zero-order valence-electron chi connectivity index (χ0n) is 34.4. The second-order valence-electron chi connectivity index (χ2n) is 16.1. The SMILES string of the molecule is c1ccc(-c2ccccc2Nc2cc3cc(N(c4ccccc4-c4ccccc4)c4cccc5c4oc4c(-c6ccccc6)cccc45)c4ccccc4c3c3ccccc23)cc1. The number of para-hydroxylation sites is 4. The fourth-order valence-corrected chi connectivity index (χ4v) is 9.60. The van der Waals surface area contributed by atoms with E-state index in [9.17, 15) is 0 Å². The maximum Gasteiger partial charge on any atom is 0.159 e. The van der Waals surface area contributed by atoms with Crippen molar-refractivity contribution >= 4 is 82.7 Å². The Morgan fingerprint density at radius 2 is 0.778 bits per heavy atom. The molecule has 0 aliphatic heterocycles. The zero-order valence-corrected chi connectivity index (χ0v) is 34.4. The molecular formula is C60H40N2O. The molecule has 0 saturated carbocycles. The van der Waals surface area contributed by atoms with E-state index < -0.39 is 0 Å². The minimum atomic E-state index is 0.835. The predicted molar refractivity (Wildman–Crippen MR) is 267 cm³/mol. The Kier molecular flexibility index (Phi) is 8.83. The third kappa shape index (κ3) is 6.21. The summed E-state index contributed by atoms with van der Waals surface area (Å²) < 4.78 is 7.18. The van der Waals surface area contributed by atoms with Crippen LogP contribution in [0.3, 0.4) is 0 Å². The monoisotopic (exact) mass is 804 g/mol. The Bertz CT molecular complexity index is 3650. The fourth-order valence-electron chi connectivity index (χ4n) is 9.60. The lowest BCUT2D eigenvalue weighted by Crippen LogP contribution is -2.12. The lowest BCUT2D eigenvalue weighted by atomic mass is 9.93. The van der Waals surface area contributed by atoms with Gasteiger partial charge in [-0.1, -0.05) is 206 Å². The molecule has 1 N–H and O–H groups in total. The molecule has 0 atom stereocenters. The molecule has 11 aromatic carbocycles. The van der Waals surface area contributed by atoms with Crippen LogP contribution >= 0.6 is 0 Å². The van der Waals surface area contributed by atoms with Gasteiger partial charge in [-0.2, -0.15) is 0 Å². The molecule has 0 bridgehead atoms. The molecule has 0 aliphatic rings. The van der Waals surface area contributed by atoms with Crippen molar-refractivity contribution in [3.05, 3.63) is 237 Å². The third-order valence-electron chi connectivity index (χ3n) is 12.4. The van der Waals surface area contributed by atoms with Crippen molar-refractivity contribution in [3.63, 3.8) is 0 Å². The van der Waals surface area contributed by atoms with Crippen LogP contribution in [0.2, 0.25) is 0 Å². The number of rotatable bonds is 8. The summed E-state index contributed by atoms with van der Waals surface area (Å²) in [7, 11) is 0. The zero-order chi connectivity index (χ0) is 41.7. The summed E-state index contributed by atoms with van der Waals surface area (Å²) in [6.07, 6.45) is 0. The van der Waals surface area contributed by atoms with Crippen LogP contribution in [0.4, 0.5) is 28.4 Å². The van der Waals surface area contributed by atoms with E-state index in [0.29, 0.717) is 0 Å². The van der Waals surface area contributed by atoms with Gasteiger partial charge in [0.15, 0.2) is 5.58 Å². The number of hydrogen-bond donors (Lipinski definition) is 1. The average Bonchev–Trinajstić information content (AvgIpc) is 3.75. The molecule has 12 aromatic rings. The summed E-state index contributed by atoms with van der Waals surface area (Å²) >= 11 is 0. The van der Waals surface area contributed by atoms with Gasteiger partial charge >= 0.3 is 0 Å². The van der Waals surface area contributed by atoms with Crippen molar-refractivity contribution in [2.75, 3.05) is 10.2 Å². The molecule has 3 nitrogen and oxygen atoms in total. The quantitative estimate of drug-likeness (QED) is 0.155. The van der Waals surface area contributed by atoms with E-state index in [1.807, 2.05) is 0 Å². The molecule has 0 aliphatic carbocycles. The topological polar surface area (TPSA) is 28.4 Å². The number of anilines is 5. The number of nitrogens with zero attached hydrogens (tertiary/aromatic N) is 1. The largest absolute Gasteiger partial charge is 0.453 e. The normalized spacial score (nSPS) is 11.5. The van der Waals surface area contributed by atoms with Crippen LogP contribution in [0.25, 0.3) is 87.6 Å². The van der Waals surface area contributed by atoms with Crippen molar-refractivity contribution in [1.82, 2.24) is 0 Å². The van der Waals surface area contributed by atoms with Crippen molar-refractivity contribution in [2.24, 2.45) is 0 Å². The van der Waals surface area contributed by atoms with Gasteiger partial charge in [-0.15, -0.1) is 0 Å². The van der Waals surface area contributed by atoms with Crippen molar-refractivity contribution < 1.29 is 4.42 Å². The van der Waals surface area contributed by atoms with Crippen LogP contribution in [0.1, 0.15) is 0 Å². The number of fused-ring (bicyclic) bond motifs is 8. The van der Waals surface area contributed by atoms with E-state index in [2.05, 4.69) is 247 Å². The first kappa shape index (κ1) is 36.5. The van der Waals surface area contributed by atoms with Gasteiger partial charge in [0.25, 0.3) is 0 Å². The smallest absolute Gasteiger partial charge is 0.159 e. The van der Waals surface area contributed by atoms with Crippen LogP contribution in [0.5, 0.6) is 0 Å². The highest BCUT2D eigenvalue weighted by Gasteiger charge is 2.25. The maximum atomic E-state index is 7.18. The van der Waals surface area contributed by atoms with Crippen molar-refractivity contribution in [1.29, 1.82) is 0 Å². The van der Waals surface area contributed by atoms with Crippen LogP contribution in [0.15, 0.2) is 241 Å². The molecule has 1 aromatic heterocycles. The van der Waals surface area contributed by atoms with Gasteiger partial charge < -0.3 is 14.6 Å². The van der Waals surface area contributed by atoms with Gasteiger partial charge in [0.05, 0.1) is 17.1 Å². The van der Waals surface area contributed by atoms with Gasteiger partial charge in [0, 0.05) is 49.6 Å². The first-order chi connectivity index (χ1) is 31.3. The Morgan fingerprint density at radius 1 is 0.302 bits per heavy atom. The van der Waals surface area contributed by atoms with E-state index in [4.69, 9.17) is 4.42 Å². The molecule has 63 heavy (non-hydrogen) atoms. The lowest BCUT2D eigenvalue weighted by molar-refractivity contribution is 0.670. The molecule has 296 valence electrons. The van der Waals surface area contributed by atoms with Gasteiger partial charge in [-0.3, -0.25) is 0 Å². The van der Waals surface area contributed by atoms with E-state index in [1.165, 1.54) is 27.1 Å². The Hall–Kier alpha value is -8.40. The number of hydrogen-bond acceptors (Lipinski definition) is 3. The van der Waals surface area contributed by atoms with Gasteiger partial charge in [0.1, 0.15) is 5.58 Å². The van der Waals surface area contributed by atoms with Gasteiger partial charge in [0.2, 0.25) is 0 Å². The summed E-state index contributed by atoms with van der Waals surface area (Å²) in [5.74, 6) is 0. The maximum absolute atomic E-state index is 7.18. The summed E-state index contributed by atoms with van der Waals surface area (Å²) in [5.41, 5.74) is 13.7. The molecule has 12 rings (SSSR count). The molecule has 0 amide bonds. The first-order valence-corrected chi connectivity index (χ1v) is 21.5. The van der Waals surface area contributed by atoms with E-state index in [0.717, 1.165) is 89.0 Å². The van der Waals surface area contributed by atoms with Crippen molar-refractivity contribution in [2.45, 2.75) is 0 Å². The highest BCUT2D eigenvalue weighted by Crippen LogP contribution is 2.50. The molecule has 0 spiro atoms. The number of benzene rings is 11. The molecule has 0 saturated heterocycles. The van der Waals surface area contributed by atoms with Crippen LogP contribution < -0.4 is 10.2 Å². The predicted octanol–water partition coefficient (Wildman–Crippen LogP) is 17.3. The number of nitrogens with one attached hydrogen (secondary N) is 1. The second-order valence-corrected chi connectivity index (χ2v) is 16.1. The van der Waals surface area contributed by atoms with E-state index in [1.54, 1.807) is 0 Å². The highest BCUT2D eigenvalue weighted by molar-refractivity contribution is 6.26. The third-order valence-corrected chi connectivity index (χ3v) is 12.4.